The Hall–Kier alpha value is -1.85. The molecule has 0 saturated carbocycles. The maximum Gasteiger partial charge on any atom is 0.182 e. The number of sulfone groups is 1. The lowest BCUT2D eigenvalue weighted by molar-refractivity contribution is 0.414. The van der Waals surface area contributed by atoms with Crippen LogP contribution in [-0.4, -0.2) is 22.1 Å². The van der Waals surface area contributed by atoms with Crippen molar-refractivity contribution in [3.63, 3.8) is 0 Å². The van der Waals surface area contributed by atoms with Crippen LogP contribution >= 0.6 is 0 Å². The van der Waals surface area contributed by atoms with Gasteiger partial charge in [0.05, 0.1) is 17.8 Å². The van der Waals surface area contributed by atoms with Crippen LogP contribution in [-0.2, 0) is 28.6 Å². The summed E-state index contributed by atoms with van der Waals surface area (Å²) >= 11 is 0. The Kier molecular flexibility index (Phi) is 4.18. The zero-order valence-corrected chi connectivity index (χ0v) is 13.3. The Morgan fingerprint density at radius 3 is 2.64 bits per heavy atom. The number of fused-ring (bicyclic) bond motifs is 1. The van der Waals surface area contributed by atoms with E-state index >= 15 is 0 Å². The Morgan fingerprint density at radius 2 is 1.91 bits per heavy atom. The fourth-order valence-electron chi connectivity index (χ4n) is 2.82. The fourth-order valence-corrected chi connectivity index (χ4v) is 4.21. The van der Waals surface area contributed by atoms with Crippen molar-refractivity contribution >= 4 is 9.84 Å². The lowest BCUT2D eigenvalue weighted by Gasteiger charge is -2.20. The first-order valence-corrected chi connectivity index (χ1v) is 8.92. The number of nitrogens with one attached hydrogen (secondary N) is 1. The standard InChI is InChI=1S/C17H19NO3S/c1-21-15-5-7-16(8-6-15)22(19,20)12-14-4-2-3-13-11-18-10-9-17(13)14/h2-8,18H,9-12H2,1H3. The molecule has 0 saturated heterocycles. The molecule has 1 aliphatic rings. The lowest BCUT2D eigenvalue weighted by atomic mass is 9.96. The normalized spacial score (nSPS) is 14.4. The minimum absolute atomic E-state index is 0.0441. The average Bonchev–Trinajstić information content (AvgIpc) is 2.55. The number of ether oxygens (including phenoxy) is 1. The Morgan fingerprint density at radius 1 is 1.14 bits per heavy atom. The van der Waals surface area contributed by atoms with Gasteiger partial charge in [0.15, 0.2) is 9.84 Å². The van der Waals surface area contributed by atoms with Gasteiger partial charge in [0.2, 0.25) is 0 Å². The first-order valence-electron chi connectivity index (χ1n) is 7.27. The SMILES string of the molecule is COc1ccc(S(=O)(=O)Cc2cccc3c2CCNC3)cc1. The van der Waals surface area contributed by atoms with E-state index in [4.69, 9.17) is 4.74 Å². The smallest absolute Gasteiger partial charge is 0.182 e. The molecule has 4 nitrogen and oxygen atoms in total. The maximum atomic E-state index is 12.6. The highest BCUT2D eigenvalue weighted by Gasteiger charge is 2.20. The third-order valence-corrected chi connectivity index (χ3v) is 5.68. The lowest BCUT2D eigenvalue weighted by Crippen LogP contribution is -2.25. The second-order valence-corrected chi connectivity index (χ2v) is 7.41. The Balaban J connectivity index is 1.91. The van der Waals surface area contributed by atoms with E-state index in [0.717, 1.165) is 25.1 Å². The van der Waals surface area contributed by atoms with E-state index in [1.807, 2.05) is 12.1 Å². The summed E-state index contributed by atoms with van der Waals surface area (Å²) in [6.45, 7) is 1.71. The summed E-state index contributed by atoms with van der Waals surface area (Å²) in [4.78, 5) is 0.333. The Bertz CT molecular complexity index is 767. The van der Waals surface area contributed by atoms with E-state index < -0.39 is 9.84 Å². The van der Waals surface area contributed by atoms with Crippen molar-refractivity contribution in [3.05, 3.63) is 59.2 Å². The van der Waals surface area contributed by atoms with Crippen molar-refractivity contribution in [1.29, 1.82) is 0 Å². The second-order valence-electron chi connectivity index (χ2n) is 5.42. The molecule has 0 unspecified atom stereocenters. The van der Waals surface area contributed by atoms with Crippen LogP contribution in [0.25, 0.3) is 0 Å². The molecule has 2 aromatic carbocycles. The molecule has 0 amide bonds. The summed E-state index contributed by atoms with van der Waals surface area (Å²) in [5.74, 6) is 0.699. The van der Waals surface area contributed by atoms with E-state index in [9.17, 15) is 8.42 Å². The van der Waals surface area contributed by atoms with Crippen LogP contribution in [0.3, 0.4) is 0 Å². The number of hydrogen-bond donors (Lipinski definition) is 1. The number of hydrogen-bond acceptors (Lipinski definition) is 4. The van der Waals surface area contributed by atoms with Gasteiger partial charge < -0.3 is 10.1 Å². The second kappa shape index (κ2) is 6.10. The first kappa shape index (κ1) is 15.1. The molecule has 1 heterocycles. The molecule has 0 spiro atoms. The predicted molar refractivity (Wildman–Crippen MR) is 85.7 cm³/mol. The van der Waals surface area contributed by atoms with Crippen molar-refractivity contribution < 1.29 is 13.2 Å². The summed E-state index contributed by atoms with van der Waals surface area (Å²) in [6, 6.07) is 12.5. The van der Waals surface area contributed by atoms with E-state index in [1.165, 1.54) is 11.1 Å². The molecule has 5 heteroatoms. The van der Waals surface area contributed by atoms with Crippen LogP contribution in [0.1, 0.15) is 16.7 Å². The van der Waals surface area contributed by atoms with Crippen LogP contribution in [0.4, 0.5) is 0 Å². The maximum absolute atomic E-state index is 12.6. The quantitative estimate of drug-likeness (QED) is 0.940. The number of rotatable bonds is 4. The molecule has 3 rings (SSSR count). The van der Waals surface area contributed by atoms with Crippen LogP contribution in [0.5, 0.6) is 5.75 Å². The zero-order chi connectivity index (χ0) is 15.6. The fraction of sp³-hybridized carbons (Fsp3) is 0.294. The number of methoxy groups -OCH3 is 1. The molecule has 0 radical (unpaired) electrons. The molecule has 0 fully saturated rings. The molecular weight excluding hydrogens is 298 g/mol. The summed E-state index contributed by atoms with van der Waals surface area (Å²) in [5.41, 5.74) is 3.29. The van der Waals surface area contributed by atoms with Gasteiger partial charge in [-0.2, -0.15) is 0 Å². The minimum atomic E-state index is -3.35. The third-order valence-electron chi connectivity index (χ3n) is 4.00. The van der Waals surface area contributed by atoms with Crippen LogP contribution < -0.4 is 10.1 Å². The van der Waals surface area contributed by atoms with Crippen molar-refractivity contribution in [1.82, 2.24) is 5.32 Å². The third kappa shape index (κ3) is 3.00. The summed E-state index contributed by atoms with van der Waals surface area (Å²) in [6.07, 6.45) is 0.879. The van der Waals surface area contributed by atoms with E-state index in [2.05, 4.69) is 11.4 Å². The van der Waals surface area contributed by atoms with Crippen molar-refractivity contribution in [2.24, 2.45) is 0 Å². The zero-order valence-electron chi connectivity index (χ0n) is 12.5. The van der Waals surface area contributed by atoms with Gasteiger partial charge in [-0.25, -0.2) is 8.42 Å². The topological polar surface area (TPSA) is 55.4 Å². The summed E-state index contributed by atoms with van der Waals surface area (Å²) < 4.78 is 30.3. The van der Waals surface area contributed by atoms with Gasteiger partial charge in [-0.1, -0.05) is 18.2 Å². The van der Waals surface area contributed by atoms with Gasteiger partial charge in [-0.05, 0) is 53.9 Å². The van der Waals surface area contributed by atoms with Gasteiger partial charge in [0, 0.05) is 6.54 Å². The summed E-state index contributed by atoms with van der Waals surface area (Å²) in [5, 5.41) is 3.31. The van der Waals surface area contributed by atoms with Crippen molar-refractivity contribution in [2.75, 3.05) is 13.7 Å². The average molecular weight is 317 g/mol. The molecule has 1 aliphatic heterocycles. The van der Waals surface area contributed by atoms with Gasteiger partial charge in [-0.3, -0.25) is 0 Å². The predicted octanol–water partition coefficient (Wildman–Crippen LogP) is 2.31. The molecule has 0 bridgehead atoms. The molecular formula is C17H19NO3S. The highest BCUT2D eigenvalue weighted by atomic mass is 32.2. The van der Waals surface area contributed by atoms with Crippen LogP contribution in [0.15, 0.2) is 47.4 Å². The molecule has 116 valence electrons. The Labute approximate surface area is 131 Å². The minimum Gasteiger partial charge on any atom is -0.497 e. The van der Waals surface area contributed by atoms with Gasteiger partial charge in [0.1, 0.15) is 5.75 Å². The van der Waals surface area contributed by atoms with Gasteiger partial charge in [0.25, 0.3) is 0 Å². The van der Waals surface area contributed by atoms with Crippen LogP contribution in [0, 0.1) is 0 Å². The van der Waals surface area contributed by atoms with E-state index in [1.54, 1.807) is 31.4 Å². The van der Waals surface area contributed by atoms with Crippen molar-refractivity contribution in [2.45, 2.75) is 23.6 Å². The van der Waals surface area contributed by atoms with E-state index in [-0.39, 0.29) is 5.75 Å². The van der Waals surface area contributed by atoms with Crippen LogP contribution in [0.2, 0.25) is 0 Å². The van der Waals surface area contributed by atoms with Crippen molar-refractivity contribution in [3.8, 4) is 5.75 Å². The molecule has 0 atom stereocenters. The van der Waals surface area contributed by atoms with Gasteiger partial charge >= 0.3 is 0 Å². The highest BCUT2D eigenvalue weighted by molar-refractivity contribution is 7.90. The first-order chi connectivity index (χ1) is 10.6. The monoisotopic (exact) mass is 317 g/mol. The molecule has 2 aromatic rings. The molecule has 22 heavy (non-hydrogen) atoms. The highest BCUT2D eigenvalue weighted by Crippen LogP contribution is 2.24. The van der Waals surface area contributed by atoms with E-state index in [0.29, 0.717) is 10.6 Å². The molecule has 0 aliphatic carbocycles. The molecule has 1 N–H and O–H groups in total. The number of benzene rings is 2. The largest absolute Gasteiger partial charge is 0.497 e. The molecule has 0 aromatic heterocycles. The summed E-state index contributed by atoms with van der Waals surface area (Å²) in [7, 11) is -1.78. The van der Waals surface area contributed by atoms with Gasteiger partial charge in [-0.15, -0.1) is 0 Å².